The van der Waals surface area contributed by atoms with E-state index in [1.807, 2.05) is 12.1 Å². The van der Waals surface area contributed by atoms with Crippen molar-refractivity contribution in [2.75, 3.05) is 6.67 Å². The first-order valence-corrected chi connectivity index (χ1v) is 7.45. The van der Waals surface area contributed by atoms with Crippen LogP contribution in [0.2, 0.25) is 5.02 Å². The number of pyridine rings is 1. The van der Waals surface area contributed by atoms with E-state index in [1.54, 1.807) is 0 Å². The van der Waals surface area contributed by atoms with Crippen molar-refractivity contribution in [3.05, 3.63) is 50.4 Å². The Kier molecular flexibility index (Phi) is 5.22. The molecule has 7 heteroatoms. The lowest BCUT2D eigenvalue weighted by atomic mass is 10.2. The molecule has 2 rings (SSSR count). The Morgan fingerprint density at radius 1 is 1.19 bits per heavy atom. The Balaban J connectivity index is 2.11. The maximum atomic E-state index is 12.5. The summed E-state index contributed by atoms with van der Waals surface area (Å²) in [6.45, 7) is -0.362. The molecule has 0 amide bonds. The summed E-state index contributed by atoms with van der Waals surface area (Å²) in [4.78, 5) is 5.80. The fourth-order valence-electron chi connectivity index (χ4n) is 1.81. The molecule has 0 bridgehead atoms. The standard InChI is InChI=1S/C14H12ClF4NS/c15-12-6-9(14(17,18)19)8-20-13(12)7-11-4-3-10(21-11)2-1-5-16/h3-4,6,8H,1-2,5,7H2. The van der Waals surface area contributed by atoms with Gasteiger partial charge in [-0.05, 0) is 31.0 Å². The summed E-state index contributed by atoms with van der Waals surface area (Å²) in [6, 6.07) is 4.66. The minimum Gasteiger partial charge on any atom is -0.259 e. The normalized spacial score (nSPS) is 11.9. The summed E-state index contributed by atoms with van der Waals surface area (Å²) in [5.74, 6) is 0. The molecule has 2 heterocycles. The molecule has 1 nitrogen and oxygen atoms in total. The Bertz CT molecular complexity index is 609. The number of alkyl halides is 4. The number of halogens is 5. The summed E-state index contributed by atoms with van der Waals surface area (Å²) in [6.07, 6.45) is -2.15. The second-order valence-electron chi connectivity index (χ2n) is 4.49. The quantitative estimate of drug-likeness (QED) is 0.674. The van der Waals surface area contributed by atoms with Gasteiger partial charge in [-0.25, -0.2) is 0 Å². The number of rotatable bonds is 5. The minimum absolute atomic E-state index is 0.00327. The molecule has 0 saturated carbocycles. The molecule has 0 atom stereocenters. The summed E-state index contributed by atoms with van der Waals surface area (Å²) in [5, 5.41) is 0.00327. The Labute approximate surface area is 128 Å². The van der Waals surface area contributed by atoms with E-state index in [-0.39, 0.29) is 11.7 Å². The van der Waals surface area contributed by atoms with Crippen LogP contribution < -0.4 is 0 Å². The summed E-state index contributed by atoms with van der Waals surface area (Å²) in [7, 11) is 0. The van der Waals surface area contributed by atoms with Crippen molar-refractivity contribution in [3.8, 4) is 0 Å². The lowest BCUT2D eigenvalue weighted by Crippen LogP contribution is -2.06. The van der Waals surface area contributed by atoms with E-state index in [9.17, 15) is 17.6 Å². The van der Waals surface area contributed by atoms with E-state index in [0.29, 0.717) is 25.0 Å². The molecule has 2 aromatic rings. The van der Waals surface area contributed by atoms with Crippen LogP contribution in [0.15, 0.2) is 24.4 Å². The molecule has 114 valence electrons. The van der Waals surface area contributed by atoms with E-state index >= 15 is 0 Å². The zero-order chi connectivity index (χ0) is 15.5. The van der Waals surface area contributed by atoms with Crippen molar-refractivity contribution in [1.29, 1.82) is 0 Å². The highest BCUT2D eigenvalue weighted by atomic mass is 35.5. The SMILES string of the molecule is FCCCc1ccc(Cc2ncc(C(F)(F)F)cc2Cl)s1. The van der Waals surface area contributed by atoms with E-state index in [1.165, 1.54) is 11.3 Å². The highest BCUT2D eigenvalue weighted by Gasteiger charge is 2.31. The molecule has 0 saturated heterocycles. The van der Waals surface area contributed by atoms with Crippen LogP contribution in [0.4, 0.5) is 17.6 Å². The number of thiophene rings is 1. The molecule has 0 radical (unpaired) electrons. The summed E-state index contributed by atoms with van der Waals surface area (Å²) >= 11 is 7.37. The number of aromatic nitrogens is 1. The zero-order valence-electron chi connectivity index (χ0n) is 10.9. The molecule has 0 aliphatic rings. The average Bonchev–Trinajstić information content (AvgIpc) is 2.85. The molecule has 0 spiro atoms. The topological polar surface area (TPSA) is 12.9 Å². The highest BCUT2D eigenvalue weighted by molar-refractivity contribution is 7.12. The lowest BCUT2D eigenvalue weighted by molar-refractivity contribution is -0.137. The van der Waals surface area contributed by atoms with E-state index in [4.69, 9.17) is 11.6 Å². The Morgan fingerprint density at radius 2 is 1.90 bits per heavy atom. The third kappa shape index (κ3) is 4.41. The van der Waals surface area contributed by atoms with Crippen molar-refractivity contribution in [2.45, 2.75) is 25.4 Å². The van der Waals surface area contributed by atoms with Crippen molar-refractivity contribution < 1.29 is 17.6 Å². The number of hydrogen-bond donors (Lipinski definition) is 0. The van der Waals surface area contributed by atoms with Gasteiger partial charge in [-0.3, -0.25) is 9.37 Å². The second-order valence-corrected chi connectivity index (χ2v) is 6.15. The molecule has 2 aromatic heterocycles. The number of aryl methyl sites for hydroxylation is 1. The van der Waals surface area contributed by atoms with E-state index < -0.39 is 11.7 Å². The van der Waals surface area contributed by atoms with E-state index in [2.05, 4.69) is 4.98 Å². The first-order valence-electron chi connectivity index (χ1n) is 6.25. The van der Waals surface area contributed by atoms with Gasteiger partial charge in [0, 0.05) is 22.4 Å². The van der Waals surface area contributed by atoms with Gasteiger partial charge < -0.3 is 0 Å². The third-order valence-corrected chi connectivity index (χ3v) is 4.33. The smallest absolute Gasteiger partial charge is 0.259 e. The molecule has 0 unspecified atom stereocenters. The van der Waals surface area contributed by atoms with Crippen molar-refractivity contribution in [2.24, 2.45) is 0 Å². The largest absolute Gasteiger partial charge is 0.417 e. The van der Waals surface area contributed by atoms with Gasteiger partial charge in [-0.1, -0.05) is 11.6 Å². The summed E-state index contributed by atoms with van der Waals surface area (Å²) in [5.41, 5.74) is -0.449. The average molecular weight is 338 g/mol. The van der Waals surface area contributed by atoms with Gasteiger partial charge in [0.1, 0.15) is 0 Å². The van der Waals surface area contributed by atoms with Crippen LogP contribution in [0.3, 0.4) is 0 Å². The van der Waals surface area contributed by atoms with Gasteiger partial charge in [-0.15, -0.1) is 11.3 Å². The molecule has 0 fully saturated rings. The number of nitrogens with zero attached hydrogens (tertiary/aromatic N) is 1. The first-order chi connectivity index (χ1) is 9.90. The second kappa shape index (κ2) is 6.75. The fourth-order valence-corrected chi connectivity index (χ4v) is 3.11. The van der Waals surface area contributed by atoms with Crippen LogP contribution in [-0.2, 0) is 19.0 Å². The van der Waals surface area contributed by atoms with Crippen LogP contribution in [0.5, 0.6) is 0 Å². The van der Waals surface area contributed by atoms with Crippen LogP contribution in [0, 0.1) is 0 Å². The van der Waals surface area contributed by atoms with Gasteiger partial charge in [-0.2, -0.15) is 13.2 Å². The molecular weight excluding hydrogens is 326 g/mol. The Morgan fingerprint density at radius 3 is 2.52 bits per heavy atom. The monoisotopic (exact) mass is 337 g/mol. The maximum absolute atomic E-state index is 12.5. The highest BCUT2D eigenvalue weighted by Crippen LogP contribution is 2.32. The van der Waals surface area contributed by atoms with Gasteiger partial charge >= 0.3 is 6.18 Å². The molecule has 0 aliphatic carbocycles. The van der Waals surface area contributed by atoms with Crippen LogP contribution in [0.25, 0.3) is 0 Å². The van der Waals surface area contributed by atoms with Gasteiger partial charge in [0.2, 0.25) is 0 Å². The van der Waals surface area contributed by atoms with Crippen LogP contribution in [-0.4, -0.2) is 11.7 Å². The predicted octanol–water partition coefficient (Wildman–Crippen LogP) is 5.31. The molecule has 0 aliphatic heterocycles. The van der Waals surface area contributed by atoms with Crippen molar-refractivity contribution >= 4 is 22.9 Å². The first kappa shape index (κ1) is 16.2. The minimum atomic E-state index is -4.45. The van der Waals surface area contributed by atoms with Crippen molar-refractivity contribution in [3.63, 3.8) is 0 Å². The third-order valence-electron chi connectivity index (χ3n) is 2.86. The molecule has 21 heavy (non-hydrogen) atoms. The number of hydrogen-bond acceptors (Lipinski definition) is 2. The van der Waals surface area contributed by atoms with Crippen LogP contribution in [0.1, 0.15) is 27.4 Å². The summed E-state index contributed by atoms with van der Waals surface area (Å²) < 4.78 is 49.7. The zero-order valence-corrected chi connectivity index (χ0v) is 12.5. The fraction of sp³-hybridized carbons (Fsp3) is 0.357. The lowest BCUT2D eigenvalue weighted by Gasteiger charge is -2.08. The van der Waals surface area contributed by atoms with Crippen molar-refractivity contribution in [1.82, 2.24) is 4.98 Å². The van der Waals surface area contributed by atoms with Crippen LogP contribution >= 0.6 is 22.9 Å². The van der Waals surface area contributed by atoms with Gasteiger partial charge in [0.05, 0.1) is 23.0 Å². The van der Waals surface area contributed by atoms with Gasteiger partial charge in [0.15, 0.2) is 0 Å². The molecule has 0 N–H and O–H groups in total. The Hall–Kier alpha value is -1.14. The molecule has 0 aromatic carbocycles. The van der Waals surface area contributed by atoms with Gasteiger partial charge in [0.25, 0.3) is 0 Å². The molecular formula is C14H12ClF4NS. The van der Waals surface area contributed by atoms with E-state index in [0.717, 1.165) is 22.0 Å². The predicted molar refractivity (Wildman–Crippen MR) is 75.7 cm³/mol. The maximum Gasteiger partial charge on any atom is 0.417 e.